The Kier molecular flexibility index (Phi) is 5.20. The van der Waals surface area contributed by atoms with Gasteiger partial charge in [-0.15, -0.1) is 0 Å². The highest BCUT2D eigenvalue weighted by Crippen LogP contribution is 2.21. The number of nitrogens with zero attached hydrogens (tertiary/aromatic N) is 3. The first-order chi connectivity index (χ1) is 9.58. The average Bonchev–Trinajstić information content (AvgIpc) is 2.44. The van der Waals surface area contributed by atoms with Gasteiger partial charge in [-0.25, -0.2) is 4.68 Å². The molecular weight excluding hydrogens is 276 g/mol. The predicted octanol–water partition coefficient (Wildman–Crippen LogP) is 1.98. The van der Waals surface area contributed by atoms with E-state index in [1.165, 1.54) is 4.68 Å². The van der Waals surface area contributed by atoms with E-state index in [0.717, 1.165) is 25.8 Å². The fourth-order valence-corrected chi connectivity index (χ4v) is 2.37. The van der Waals surface area contributed by atoms with E-state index >= 15 is 0 Å². The molecule has 0 aromatic carbocycles. The van der Waals surface area contributed by atoms with Crippen LogP contribution in [0.5, 0.6) is 0 Å². The van der Waals surface area contributed by atoms with Crippen LogP contribution >= 0.6 is 11.6 Å². The normalized spacial score (nSPS) is 18.5. The van der Waals surface area contributed by atoms with E-state index in [0.29, 0.717) is 18.3 Å². The standard InChI is InChI=1S/C14H21ClN4O/c1-18(2)8-9-19-14(20)13(15)12(10-16-19)17-11-6-4-3-5-7-11/h3-4,10-11,17H,5-9H2,1-2H3. The molecule has 1 heterocycles. The minimum Gasteiger partial charge on any atom is -0.379 e. The molecule has 1 aromatic heterocycles. The van der Waals surface area contributed by atoms with E-state index in [-0.39, 0.29) is 10.6 Å². The summed E-state index contributed by atoms with van der Waals surface area (Å²) in [7, 11) is 3.92. The van der Waals surface area contributed by atoms with E-state index in [1.807, 2.05) is 19.0 Å². The first-order valence-corrected chi connectivity index (χ1v) is 7.27. The lowest BCUT2D eigenvalue weighted by atomic mass is 10.0. The summed E-state index contributed by atoms with van der Waals surface area (Å²) < 4.78 is 1.41. The Balaban J connectivity index is 2.09. The Bertz CT molecular complexity index is 538. The van der Waals surface area contributed by atoms with Gasteiger partial charge in [0.15, 0.2) is 0 Å². The van der Waals surface area contributed by atoms with Crippen LogP contribution in [0.4, 0.5) is 5.69 Å². The SMILES string of the molecule is CN(C)CCn1ncc(NC2CC=CCC2)c(Cl)c1=O. The number of aromatic nitrogens is 2. The Morgan fingerprint density at radius 2 is 2.30 bits per heavy atom. The molecule has 2 rings (SSSR count). The highest BCUT2D eigenvalue weighted by atomic mass is 35.5. The molecule has 0 spiro atoms. The van der Waals surface area contributed by atoms with Crippen molar-refractivity contribution in [1.82, 2.24) is 14.7 Å². The summed E-state index contributed by atoms with van der Waals surface area (Å²) in [4.78, 5) is 14.1. The van der Waals surface area contributed by atoms with Crippen molar-refractivity contribution in [3.8, 4) is 0 Å². The van der Waals surface area contributed by atoms with Crippen LogP contribution in [0.25, 0.3) is 0 Å². The minimum absolute atomic E-state index is 0.230. The molecule has 5 nitrogen and oxygen atoms in total. The Morgan fingerprint density at radius 3 is 2.95 bits per heavy atom. The highest BCUT2D eigenvalue weighted by molar-refractivity contribution is 6.32. The molecule has 0 fully saturated rings. The number of likely N-dealkylation sites (N-methyl/N-ethyl adjacent to an activating group) is 1. The molecule has 0 saturated carbocycles. The minimum atomic E-state index is -0.232. The second-order valence-electron chi connectivity index (χ2n) is 5.33. The second-order valence-corrected chi connectivity index (χ2v) is 5.71. The van der Waals surface area contributed by atoms with E-state index < -0.39 is 0 Å². The van der Waals surface area contributed by atoms with Gasteiger partial charge in [0.25, 0.3) is 5.56 Å². The van der Waals surface area contributed by atoms with Crippen LogP contribution in [0, 0.1) is 0 Å². The smallest absolute Gasteiger partial charge is 0.287 e. The fraction of sp³-hybridized carbons (Fsp3) is 0.571. The third-order valence-electron chi connectivity index (χ3n) is 3.37. The van der Waals surface area contributed by atoms with Gasteiger partial charge in [-0.2, -0.15) is 5.10 Å². The van der Waals surface area contributed by atoms with Gasteiger partial charge in [0.05, 0.1) is 18.4 Å². The second kappa shape index (κ2) is 6.90. The molecule has 0 aliphatic heterocycles. The third-order valence-corrected chi connectivity index (χ3v) is 3.74. The van der Waals surface area contributed by atoms with Crippen LogP contribution in [0.3, 0.4) is 0 Å². The van der Waals surface area contributed by atoms with Crippen molar-refractivity contribution in [3.63, 3.8) is 0 Å². The lowest BCUT2D eigenvalue weighted by molar-refractivity contribution is 0.367. The summed E-state index contributed by atoms with van der Waals surface area (Å²) in [5, 5.41) is 7.73. The van der Waals surface area contributed by atoms with Crippen molar-refractivity contribution < 1.29 is 0 Å². The molecule has 1 aliphatic carbocycles. The number of hydrogen-bond donors (Lipinski definition) is 1. The van der Waals surface area contributed by atoms with Gasteiger partial charge in [0.1, 0.15) is 5.02 Å². The zero-order valence-electron chi connectivity index (χ0n) is 12.0. The van der Waals surface area contributed by atoms with Crippen LogP contribution in [0.15, 0.2) is 23.1 Å². The Hall–Kier alpha value is -1.33. The summed E-state index contributed by atoms with van der Waals surface area (Å²) >= 11 is 6.17. The lowest BCUT2D eigenvalue weighted by Gasteiger charge is -2.21. The van der Waals surface area contributed by atoms with Crippen LogP contribution < -0.4 is 10.9 Å². The van der Waals surface area contributed by atoms with Gasteiger partial charge in [0, 0.05) is 12.6 Å². The zero-order chi connectivity index (χ0) is 14.5. The predicted molar refractivity (Wildman–Crippen MR) is 82.5 cm³/mol. The summed E-state index contributed by atoms with van der Waals surface area (Å²) in [6, 6.07) is 0.330. The van der Waals surface area contributed by atoms with Crippen molar-refractivity contribution in [2.75, 3.05) is 26.0 Å². The maximum atomic E-state index is 12.1. The van der Waals surface area contributed by atoms with Crippen molar-refractivity contribution in [2.45, 2.75) is 31.8 Å². The van der Waals surface area contributed by atoms with Gasteiger partial charge >= 0.3 is 0 Å². The summed E-state index contributed by atoms with van der Waals surface area (Å²) in [6.45, 7) is 1.29. The zero-order valence-corrected chi connectivity index (χ0v) is 12.7. The Labute approximate surface area is 124 Å². The van der Waals surface area contributed by atoms with Crippen molar-refractivity contribution in [3.05, 3.63) is 33.7 Å². The van der Waals surface area contributed by atoms with E-state index in [2.05, 4.69) is 22.6 Å². The first-order valence-electron chi connectivity index (χ1n) is 6.90. The molecule has 0 saturated heterocycles. The van der Waals surface area contributed by atoms with Gasteiger partial charge in [-0.3, -0.25) is 4.79 Å². The topological polar surface area (TPSA) is 50.2 Å². The molecule has 1 atom stereocenters. The highest BCUT2D eigenvalue weighted by Gasteiger charge is 2.14. The summed E-state index contributed by atoms with van der Waals surface area (Å²) in [6.07, 6.45) is 9.05. The van der Waals surface area contributed by atoms with Gasteiger partial charge in [-0.1, -0.05) is 23.8 Å². The number of hydrogen-bond acceptors (Lipinski definition) is 4. The van der Waals surface area contributed by atoms with Crippen LogP contribution in [0.1, 0.15) is 19.3 Å². The number of rotatable bonds is 5. The van der Waals surface area contributed by atoms with E-state index in [9.17, 15) is 4.79 Å². The van der Waals surface area contributed by atoms with Gasteiger partial charge in [0.2, 0.25) is 0 Å². The van der Waals surface area contributed by atoms with Gasteiger partial charge in [-0.05, 0) is 33.4 Å². The van der Waals surface area contributed by atoms with Crippen LogP contribution in [-0.2, 0) is 6.54 Å². The number of halogens is 1. The van der Waals surface area contributed by atoms with Crippen molar-refractivity contribution in [1.29, 1.82) is 0 Å². The van der Waals surface area contributed by atoms with Gasteiger partial charge < -0.3 is 10.2 Å². The van der Waals surface area contributed by atoms with Crippen molar-refractivity contribution >= 4 is 17.3 Å². The summed E-state index contributed by atoms with van der Waals surface area (Å²) in [5.41, 5.74) is 0.405. The monoisotopic (exact) mass is 296 g/mol. The van der Waals surface area contributed by atoms with Crippen LogP contribution in [0.2, 0.25) is 5.02 Å². The molecule has 20 heavy (non-hydrogen) atoms. The molecule has 1 aliphatic rings. The molecule has 1 aromatic rings. The lowest BCUT2D eigenvalue weighted by Crippen LogP contribution is -2.30. The largest absolute Gasteiger partial charge is 0.379 e. The van der Waals surface area contributed by atoms with E-state index in [4.69, 9.17) is 11.6 Å². The van der Waals surface area contributed by atoms with Crippen LogP contribution in [-0.4, -0.2) is 41.4 Å². The fourth-order valence-electron chi connectivity index (χ4n) is 2.16. The number of allylic oxidation sites excluding steroid dienone is 1. The number of nitrogens with one attached hydrogen (secondary N) is 1. The Morgan fingerprint density at radius 1 is 1.50 bits per heavy atom. The molecule has 6 heteroatoms. The quantitative estimate of drug-likeness (QED) is 0.844. The van der Waals surface area contributed by atoms with Crippen molar-refractivity contribution in [2.24, 2.45) is 0 Å². The maximum Gasteiger partial charge on any atom is 0.287 e. The molecule has 1 N–H and O–H groups in total. The summed E-state index contributed by atoms with van der Waals surface area (Å²) in [5.74, 6) is 0. The molecule has 0 radical (unpaired) electrons. The maximum absolute atomic E-state index is 12.1. The number of anilines is 1. The molecule has 110 valence electrons. The average molecular weight is 297 g/mol. The first kappa shape index (κ1) is 15.1. The third kappa shape index (κ3) is 3.84. The van der Waals surface area contributed by atoms with E-state index in [1.54, 1.807) is 6.20 Å². The molecule has 0 amide bonds. The molecule has 0 bridgehead atoms. The molecule has 1 unspecified atom stereocenters. The molecular formula is C14H21ClN4O.